The Morgan fingerprint density at radius 3 is 1.32 bits per heavy atom. The van der Waals surface area contributed by atoms with E-state index in [1.54, 1.807) is 0 Å². The van der Waals surface area contributed by atoms with Crippen LogP contribution in [0.15, 0.2) is 107 Å². The first kappa shape index (κ1) is 35.0. The summed E-state index contributed by atoms with van der Waals surface area (Å²) in [5.74, 6) is -2.11. The molecule has 0 radical (unpaired) electrons. The number of rotatable bonds is 7. The first-order valence-electron chi connectivity index (χ1n) is 15.5. The minimum absolute atomic E-state index is 0.0207. The number of nitrogens with zero attached hydrogens (tertiary/aromatic N) is 8. The minimum atomic E-state index is -0.548. The van der Waals surface area contributed by atoms with E-state index in [1.807, 2.05) is 24.3 Å². The fourth-order valence-electron chi connectivity index (χ4n) is 5.65. The molecule has 0 spiro atoms. The van der Waals surface area contributed by atoms with Gasteiger partial charge in [-0.25, -0.2) is 32.5 Å². The van der Waals surface area contributed by atoms with Gasteiger partial charge in [-0.05, 0) is 90.6 Å². The molecule has 5 aromatic carbocycles. The van der Waals surface area contributed by atoms with Crippen LogP contribution in [-0.4, -0.2) is 22.4 Å². The summed E-state index contributed by atoms with van der Waals surface area (Å²) in [5, 5.41) is 40.6. The number of hydrogen-bond acceptors (Lipinski definition) is 8. The molecule has 12 heteroatoms. The smallest absolute Gasteiger partial charge is 0.141 e. The van der Waals surface area contributed by atoms with Crippen molar-refractivity contribution < 1.29 is 17.6 Å². The highest BCUT2D eigenvalue weighted by Crippen LogP contribution is 2.33. The molecule has 53 heavy (non-hydrogen) atoms. The van der Waals surface area contributed by atoms with Crippen LogP contribution in [0.3, 0.4) is 0 Å². The zero-order valence-corrected chi connectivity index (χ0v) is 27.2. The van der Waals surface area contributed by atoms with Crippen molar-refractivity contribution in [2.75, 3.05) is 0 Å². The third-order valence-corrected chi connectivity index (χ3v) is 8.12. The predicted molar refractivity (Wildman–Crippen MR) is 191 cm³/mol. The molecule has 6 rings (SSSR count). The van der Waals surface area contributed by atoms with Crippen LogP contribution in [0.2, 0.25) is 0 Å². The van der Waals surface area contributed by atoms with Crippen LogP contribution in [0.5, 0.6) is 0 Å². The maximum absolute atomic E-state index is 14.1. The van der Waals surface area contributed by atoms with Crippen molar-refractivity contribution in [3.05, 3.63) is 142 Å². The van der Waals surface area contributed by atoms with Gasteiger partial charge >= 0.3 is 0 Å². The fraction of sp³-hybridized carbons (Fsp3) is 0.0244. The number of hydrogen-bond donors (Lipinski definition) is 0. The summed E-state index contributed by atoms with van der Waals surface area (Å²) in [5.41, 5.74) is 0.426. The molecule has 0 N–H and O–H groups in total. The van der Waals surface area contributed by atoms with Gasteiger partial charge in [0, 0.05) is 17.5 Å². The Kier molecular flexibility index (Phi) is 9.91. The van der Waals surface area contributed by atoms with Crippen molar-refractivity contribution in [3.63, 3.8) is 0 Å². The second-order valence-corrected chi connectivity index (χ2v) is 11.3. The molecule has 0 aliphatic heterocycles. The molecule has 8 nitrogen and oxygen atoms in total. The van der Waals surface area contributed by atoms with E-state index in [2.05, 4.69) is 11.7 Å². The maximum Gasteiger partial charge on any atom is 0.141 e. The molecular formula is C41H20F4N8. The van der Waals surface area contributed by atoms with E-state index in [9.17, 15) is 38.6 Å². The molecule has 0 fully saturated rings. The van der Waals surface area contributed by atoms with Gasteiger partial charge in [-0.2, -0.15) is 21.0 Å². The third kappa shape index (κ3) is 6.98. The lowest BCUT2D eigenvalue weighted by Gasteiger charge is -2.15. The summed E-state index contributed by atoms with van der Waals surface area (Å²) in [4.78, 5) is 18.7. The Bertz CT molecular complexity index is 2740. The van der Waals surface area contributed by atoms with E-state index in [0.717, 1.165) is 0 Å². The van der Waals surface area contributed by atoms with Crippen molar-refractivity contribution in [1.82, 2.24) is 9.97 Å². The van der Waals surface area contributed by atoms with E-state index < -0.39 is 34.4 Å². The van der Waals surface area contributed by atoms with Gasteiger partial charge in [0.2, 0.25) is 0 Å². The summed E-state index contributed by atoms with van der Waals surface area (Å²) in [7, 11) is 0. The summed E-state index contributed by atoms with van der Waals surface area (Å²) in [6, 6.07) is 28.7. The zero-order valence-electron chi connectivity index (χ0n) is 27.2. The quantitative estimate of drug-likeness (QED) is 0.124. The van der Waals surface area contributed by atoms with Gasteiger partial charge in [0.1, 0.15) is 81.1 Å². The van der Waals surface area contributed by atoms with Gasteiger partial charge in [0.05, 0.1) is 27.5 Å². The summed E-state index contributed by atoms with van der Waals surface area (Å²) >= 11 is 0. The van der Waals surface area contributed by atoms with Gasteiger partial charge < -0.3 is 0 Å². The third-order valence-electron chi connectivity index (χ3n) is 8.12. The van der Waals surface area contributed by atoms with Crippen LogP contribution in [0.1, 0.15) is 11.1 Å². The number of nitriles is 4. The number of fused-ring (bicyclic) bond motifs is 1. The van der Waals surface area contributed by atoms with Gasteiger partial charge in [-0.15, -0.1) is 0 Å². The van der Waals surface area contributed by atoms with E-state index >= 15 is 0 Å². The average molecular weight is 701 g/mol. The largest absolute Gasteiger partial charge is 0.262 e. The lowest BCUT2D eigenvalue weighted by molar-refractivity contribution is 0.627. The molecule has 0 aliphatic rings. The molecule has 0 saturated heterocycles. The first-order valence-corrected chi connectivity index (χ1v) is 15.5. The van der Waals surface area contributed by atoms with Crippen LogP contribution < -0.4 is 10.4 Å². The van der Waals surface area contributed by atoms with E-state index in [4.69, 9.17) is 15.0 Å². The van der Waals surface area contributed by atoms with Crippen molar-refractivity contribution in [1.29, 1.82) is 21.0 Å². The molecule has 0 amide bonds. The molecule has 0 unspecified atom stereocenters. The predicted octanol–water partition coefficient (Wildman–Crippen LogP) is 7.61. The van der Waals surface area contributed by atoms with Crippen LogP contribution in [-0.2, 0) is 6.42 Å². The SMILES string of the molecule is C=Nc1c(/N=C(\Cc2ccc(F)cc2)c2ccc(F)cc2)c(=C(C#N)C#N)c2nc(-c3ccc(F)cc3)c(-c3ccc(F)cc3)nc2c1=C(C#N)C#N. The average Bonchev–Trinajstić information content (AvgIpc) is 3.17. The molecule has 0 aliphatic carbocycles. The summed E-state index contributed by atoms with van der Waals surface area (Å²) < 4.78 is 56.1. The second kappa shape index (κ2) is 15.0. The Balaban J connectivity index is 1.88. The number of halogens is 4. The first-order chi connectivity index (χ1) is 25.7. The molecule has 6 aromatic rings. The van der Waals surface area contributed by atoms with Gasteiger partial charge in [-0.1, -0.05) is 24.3 Å². The normalized spacial score (nSPS) is 10.8. The Morgan fingerprint density at radius 2 is 0.925 bits per heavy atom. The van der Waals surface area contributed by atoms with Gasteiger partial charge in [-0.3, -0.25) is 4.99 Å². The van der Waals surface area contributed by atoms with E-state index in [0.29, 0.717) is 22.3 Å². The van der Waals surface area contributed by atoms with Crippen molar-refractivity contribution in [2.45, 2.75) is 6.42 Å². The Hall–Kier alpha value is -7.80. The summed E-state index contributed by atoms with van der Waals surface area (Å²) in [6.45, 7) is 3.67. The highest BCUT2D eigenvalue weighted by atomic mass is 19.1. The van der Waals surface area contributed by atoms with Gasteiger partial charge in [0.15, 0.2) is 0 Å². The molecule has 0 bridgehead atoms. The van der Waals surface area contributed by atoms with E-state index in [-0.39, 0.29) is 56.4 Å². The van der Waals surface area contributed by atoms with Crippen LogP contribution in [0.4, 0.5) is 28.9 Å². The molecule has 0 atom stereocenters. The topological polar surface area (TPSA) is 146 Å². The molecule has 1 aromatic heterocycles. The second-order valence-electron chi connectivity index (χ2n) is 11.3. The molecule has 0 saturated carbocycles. The van der Waals surface area contributed by atoms with Crippen molar-refractivity contribution in [3.8, 4) is 46.8 Å². The minimum Gasteiger partial charge on any atom is -0.262 e. The molecule has 1 heterocycles. The van der Waals surface area contributed by atoms with Crippen molar-refractivity contribution in [2.24, 2.45) is 9.98 Å². The fourth-order valence-corrected chi connectivity index (χ4v) is 5.65. The van der Waals surface area contributed by atoms with Crippen molar-refractivity contribution >= 4 is 46.0 Å². The highest BCUT2D eigenvalue weighted by Gasteiger charge is 2.24. The highest BCUT2D eigenvalue weighted by molar-refractivity contribution is 6.06. The van der Waals surface area contributed by atoms with E-state index in [1.165, 1.54) is 97.1 Å². The molecule has 252 valence electrons. The lowest BCUT2D eigenvalue weighted by Crippen LogP contribution is -2.21. The lowest BCUT2D eigenvalue weighted by atomic mass is 9.99. The Labute approximate surface area is 299 Å². The van der Waals surface area contributed by atoms with Gasteiger partial charge in [0.25, 0.3) is 0 Å². The molecular weight excluding hydrogens is 680 g/mol. The number of aliphatic imine (C=N–C) groups is 2. The number of benzene rings is 5. The number of aromatic nitrogens is 2. The van der Waals surface area contributed by atoms with Crippen LogP contribution in [0.25, 0.3) is 44.7 Å². The standard InChI is InChI=1S/C41H20F4N8/c1-50-38-34(27(19-46)20-47)40-41(53-37(26-8-16-32(45)17-9-26)36(52-40)25-6-14-31(44)15-7-25)35(28(21-48)22-49)39(38)51-33(24-4-12-30(43)13-5-24)18-23-2-10-29(42)11-3-23/h2-17H,1,18H2/b51-33+. The van der Waals surface area contributed by atoms with Crippen LogP contribution >= 0.6 is 0 Å². The maximum atomic E-state index is 14.1. The zero-order chi connectivity index (χ0) is 37.6. The van der Waals surface area contributed by atoms with Crippen LogP contribution in [0, 0.1) is 68.6 Å². The summed E-state index contributed by atoms with van der Waals surface area (Å²) in [6.07, 6.45) is 0.0207. The Morgan fingerprint density at radius 1 is 0.547 bits per heavy atom. The monoisotopic (exact) mass is 700 g/mol.